The quantitative estimate of drug-likeness (QED) is 0.455. The number of nitrogens with zero attached hydrogens (tertiary/aromatic N) is 3. The first-order valence-corrected chi connectivity index (χ1v) is 11.7. The second kappa shape index (κ2) is 11.9. The molecular formula is C27H39N5O2. The molecule has 0 radical (unpaired) electrons. The van der Waals surface area contributed by atoms with Crippen LogP contribution < -0.4 is 25.0 Å². The smallest absolute Gasteiger partial charge is 0.225 e. The Labute approximate surface area is 203 Å². The summed E-state index contributed by atoms with van der Waals surface area (Å²) in [5.41, 5.74) is 2.18. The van der Waals surface area contributed by atoms with Gasteiger partial charge in [-0.1, -0.05) is 25.6 Å². The van der Waals surface area contributed by atoms with Crippen LogP contribution in [0.2, 0.25) is 0 Å². The zero-order valence-corrected chi connectivity index (χ0v) is 20.1. The number of anilines is 2. The van der Waals surface area contributed by atoms with Gasteiger partial charge in [-0.15, -0.1) is 0 Å². The number of nitrogens with one attached hydrogen (secondary N) is 2. The first kappa shape index (κ1) is 25.6. The number of para-hydroxylation sites is 1. The third-order valence-electron chi connectivity index (χ3n) is 6.40. The molecule has 0 unspecified atom stereocenters. The van der Waals surface area contributed by atoms with E-state index >= 15 is 0 Å². The van der Waals surface area contributed by atoms with Crippen LogP contribution in [0.1, 0.15) is 38.7 Å². The Morgan fingerprint density at radius 1 is 0.941 bits per heavy atom. The SMILES string of the molecule is C.COc1ccc(CNCC2CCC(Nc3nc(N(C)C)c4ccccc4n3)CC2)cc1OC. The average molecular weight is 466 g/mol. The minimum Gasteiger partial charge on any atom is -0.493 e. The van der Waals surface area contributed by atoms with Crippen LogP contribution in [0.3, 0.4) is 0 Å². The lowest BCUT2D eigenvalue weighted by atomic mass is 9.86. The van der Waals surface area contributed by atoms with Crippen molar-refractivity contribution in [3.8, 4) is 11.5 Å². The van der Waals surface area contributed by atoms with E-state index < -0.39 is 0 Å². The molecule has 1 aliphatic rings. The number of methoxy groups -OCH3 is 2. The Morgan fingerprint density at radius 2 is 1.68 bits per heavy atom. The lowest BCUT2D eigenvalue weighted by Gasteiger charge is -2.29. The zero-order valence-electron chi connectivity index (χ0n) is 20.1. The van der Waals surface area contributed by atoms with Crippen LogP contribution in [0.25, 0.3) is 10.9 Å². The third-order valence-corrected chi connectivity index (χ3v) is 6.40. The minimum atomic E-state index is 0. The Balaban J connectivity index is 0.00000324. The Hall–Kier alpha value is -3.06. The molecule has 1 fully saturated rings. The summed E-state index contributed by atoms with van der Waals surface area (Å²) in [6, 6.07) is 14.7. The van der Waals surface area contributed by atoms with Crippen molar-refractivity contribution in [1.29, 1.82) is 0 Å². The number of hydrogen-bond donors (Lipinski definition) is 2. The van der Waals surface area contributed by atoms with Crippen molar-refractivity contribution in [3.63, 3.8) is 0 Å². The second-order valence-corrected chi connectivity index (χ2v) is 8.96. The fourth-order valence-electron chi connectivity index (χ4n) is 4.57. The van der Waals surface area contributed by atoms with Crippen LogP contribution in [0.15, 0.2) is 42.5 Å². The van der Waals surface area contributed by atoms with E-state index in [0.29, 0.717) is 12.0 Å². The van der Waals surface area contributed by atoms with Crippen LogP contribution in [0.4, 0.5) is 11.8 Å². The highest BCUT2D eigenvalue weighted by atomic mass is 16.5. The van der Waals surface area contributed by atoms with Gasteiger partial charge in [-0.05, 0) is 68.0 Å². The highest BCUT2D eigenvalue weighted by Gasteiger charge is 2.22. The van der Waals surface area contributed by atoms with Gasteiger partial charge in [0.05, 0.1) is 19.7 Å². The molecule has 4 rings (SSSR count). The Kier molecular flexibility index (Phi) is 8.93. The molecule has 2 N–H and O–H groups in total. The summed E-state index contributed by atoms with van der Waals surface area (Å²) in [6.07, 6.45) is 4.67. The van der Waals surface area contributed by atoms with Gasteiger partial charge in [0, 0.05) is 32.1 Å². The van der Waals surface area contributed by atoms with Gasteiger partial charge in [-0.3, -0.25) is 0 Å². The van der Waals surface area contributed by atoms with Crippen molar-refractivity contribution in [2.75, 3.05) is 45.1 Å². The van der Waals surface area contributed by atoms with Crippen molar-refractivity contribution in [3.05, 3.63) is 48.0 Å². The summed E-state index contributed by atoms with van der Waals surface area (Å²) in [4.78, 5) is 11.6. The number of fused-ring (bicyclic) bond motifs is 1. The summed E-state index contributed by atoms with van der Waals surface area (Å²) in [5, 5.41) is 8.30. The molecule has 1 aromatic heterocycles. The van der Waals surface area contributed by atoms with Gasteiger partial charge in [-0.25, -0.2) is 4.98 Å². The number of aromatic nitrogens is 2. The molecule has 34 heavy (non-hydrogen) atoms. The standard InChI is InChI=1S/C26H35N5O2.CH4/c1-31(2)25-21-7-5-6-8-22(21)29-26(30-25)28-20-12-9-18(10-13-20)16-27-17-19-11-14-23(32-3)24(15-19)33-4;/h5-8,11,14-15,18,20,27H,9-10,12-13,16-17H2,1-4H3,(H,28,29,30);1H4. The van der Waals surface area contributed by atoms with E-state index in [4.69, 9.17) is 19.4 Å². The Bertz CT molecular complexity index is 1060. The molecule has 0 saturated heterocycles. The minimum absolute atomic E-state index is 0. The highest BCUT2D eigenvalue weighted by molar-refractivity contribution is 5.90. The van der Waals surface area contributed by atoms with E-state index in [1.54, 1.807) is 14.2 Å². The van der Waals surface area contributed by atoms with Crippen molar-refractivity contribution < 1.29 is 9.47 Å². The first-order valence-electron chi connectivity index (χ1n) is 11.7. The van der Waals surface area contributed by atoms with Crippen molar-refractivity contribution in [1.82, 2.24) is 15.3 Å². The molecule has 7 nitrogen and oxygen atoms in total. The van der Waals surface area contributed by atoms with Gasteiger partial charge in [0.25, 0.3) is 0 Å². The maximum absolute atomic E-state index is 5.41. The van der Waals surface area contributed by atoms with E-state index in [2.05, 4.69) is 33.7 Å². The van der Waals surface area contributed by atoms with E-state index in [1.807, 2.05) is 38.4 Å². The first-order chi connectivity index (χ1) is 16.1. The monoisotopic (exact) mass is 465 g/mol. The average Bonchev–Trinajstić information content (AvgIpc) is 2.84. The molecule has 2 aromatic carbocycles. The van der Waals surface area contributed by atoms with Gasteiger partial charge in [0.2, 0.25) is 5.95 Å². The molecule has 1 saturated carbocycles. The molecule has 0 amide bonds. The van der Waals surface area contributed by atoms with Gasteiger partial charge in [-0.2, -0.15) is 4.98 Å². The van der Waals surface area contributed by atoms with Crippen LogP contribution in [0.5, 0.6) is 11.5 Å². The van der Waals surface area contributed by atoms with E-state index in [0.717, 1.165) is 60.1 Å². The molecule has 1 aliphatic carbocycles. The van der Waals surface area contributed by atoms with Crippen molar-refractivity contribution in [2.45, 2.75) is 45.7 Å². The maximum Gasteiger partial charge on any atom is 0.225 e. The fraction of sp³-hybridized carbons (Fsp3) is 0.481. The molecule has 184 valence electrons. The lowest BCUT2D eigenvalue weighted by Crippen LogP contribution is -2.31. The predicted molar refractivity (Wildman–Crippen MR) is 141 cm³/mol. The fourth-order valence-corrected chi connectivity index (χ4v) is 4.57. The van der Waals surface area contributed by atoms with E-state index in [1.165, 1.54) is 18.4 Å². The number of ether oxygens (including phenoxy) is 2. The molecule has 3 aromatic rings. The lowest BCUT2D eigenvalue weighted by molar-refractivity contribution is 0.323. The molecule has 0 aliphatic heterocycles. The topological polar surface area (TPSA) is 71.5 Å². The van der Waals surface area contributed by atoms with Crippen LogP contribution in [-0.4, -0.2) is 50.9 Å². The second-order valence-electron chi connectivity index (χ2n) is 8.96. The van der Waals surface area contributed by atoms with E-state index in [9.17, 15) is 0 Å². The van der Waals surface area contributed by atoms with Gasteiger partial charge in [0.1, 0.15) is 5.82 Å². The van der Waals surface area contributed by atoms with Crippen molar-refractivity contribution in [2.24, 2.45) is 5.92 Å². The van der Waals surface area contributed by atoms with Crippen molar-refractivity contribution >= 4 is 22.7 Å². The summed E-state index contributed by atoms with van der Waals surface area (Å²) in [7, 11) is 7.39. The van der Waals surface area contributed by atoms with Crippen LogP contribution in [-0.2, 0) is 6.54 Å². The van der Waals surface area contributed by atoms with Crippen LogP contribution in [0, 0.1) is 5.92 Å². The normalized spacial score (nSPS) is 17.6. The molecule has 0 bridgehead atoms. The molecule has 1 heterocycles. The van der Waals surface area contributed by atoms with Gasteiger partial charge in [0.15, 0.2) is 11.5 Å². The third kappa shape index (κ3) is 6.08. The predicted octanol–water partition coefficient (Wildman–Crippen LogP) is 5.11. The number of hydrogen-bond acceptors (Lipinski definition) is 7. The largest absolute Gasteiger partial charge is 0.493 e. The number of rotatable bonds is 9. The number of benzene rings is 2. The summed E-state index contributed by atoms with van der Waals surface area (Å²) >= 11 is 0. The molecular weight excluding hydrogens is 426 g/mol. The molecule has 7 heteroatoms. The molecule has 0 spiro atoms. The highest BCUT2D eigenvalue weighted by Crippen LogP contribution is 2.29. The Morgan fingerprint density at radius 3 is 2.38 bits per heavy atom. The van der Waals surface area contributed by atoms with E-state index in [-0.39, 0.29) is 7.43 Å². The zero-order chi connectivity index (χ0) is 23.2. The summed E-state index contributed by atoms with van der Waals surface area (Å²) in [5.74, 6) is 3.92. The molecule has 0 atom stereocenters. The summed E-state index contributed by atoms with van der Waals surface area (Å²) in [6.45, 7) is 1.86. The maximum atomic E-state index is 5.41. The van der Waals surface area contributed by atoms with Gasteiger partial charge < -0.3 is 25.0 Å². The van der Waals surface area contributed by atoms with Crippen LogP contribution >= 0.6 is 0 Å². The van der Waals surface area contributed by atoms with Gasteiger partial charge >= 0.3 is 0 Å². The summed E-state index contributed by atoms with van der Waals surface area (Å²) < 4.78 is 10.7.